The lowest BCUT2D eigenvalue weighted by atomic mass is 9.92. The van der Waals surface area contributed by atoms with Crippen molar-refractivity contribution in [1.82, 2.24) is 9.78 Å². The SMILES string of the molecule is CCc1cc(CC(O)C2CCc3ccccc32)n(CC)n1. The number of fused-ring (bicyclic) bond motifs is 1. The van der Waals surface area contributed by atoms with Gasteiger partial charge in [-0.25, -0.2) is 0 Å². The first-order valence-corrected chi connectivity index (χ1v) is 8.04. The molecule has 0 fully saturated rings. The van der Waals surface area contributed by atoms with Crippen LogP contribution in [0.3, 0.4) is 0 Å². The summed E-state index contributed by atoms with van der Waals surface area (Å²) in [6, 6.07) is 10.7. The van der Waals surface area contributed by atoms with Crippen molar-refractivity contribution in [3.05, 3.63) is 52.8 Å². The molecule has 3 heteroatoms. The van der Waals surface area contributed by atoms with Gasteiger partial charge in [0.2, 0.25) is 0 Å². The third kappa shape index (κ3) is 2.75. The first-order chi connectivity index (χ1) is 10.2. The zero-order valence-electron chi connectivity index (χ0n) is 12.9. The Morgan fingerprint density at radius 1 is 1.33 bits per heavy atom. The molecule has 0 saturated carbocycles. The summed E-state index contributed by atoms with van der Waals surface area (Å²) in [5.74, 6) is 0.270. The van der Waals surface area contributed by atoms with E-state index in [4.69, 9.17) is 0 Å². The van der Waals surface area contributed by atoms with Crippen molar-refractivity contribution in [3.63, 3.8) is 0 Å². The maximum Gasteiger partial charge on any atom is 0.0664 e. The Kier molecular flexibility index (Phi) is 4.11. The van der Waals surface area contributed by atoms with Crippen LogP contribution in [0.15, 0.2) is 30.3 Å². The minimum atomic E-state index is -0.319. The molecule has 1 aromatic carbocycles. The maximum atomic E-state index is 10.7. The predicted molar refractivity (Wildman–Crippen MR) is 84.5 cm³/mol. The topological polar surface area (TPSA) is 38.0 Å². The molecule has 3 rings (SSSR count). The van der Waals surface area contributed by atoms with E-state index in [1.54, 1.807) is 0 Å². The number of aryl methyl sites for hydroxylation is 3. The van der Waals surface area contributed by atoms with Crippen LogP contribution in [0.25, 0.3) is 0 Å². The van der Waals surface area contributed by atoms with Crippen LogP contribution in [0.4, 0.5) is 0 Å². The zero-order valence-corrected chi connectivity index (χ0v) is 12.9. The van der Waals surface area contributed by atoms with E-state index in [0.717, 1.165) is 37.2 Å². The molecule has 2 atom stereocenters. The van der Waals surface area contributed by atoms with Gasteiger partial charge in [0, 0.05) is 24.6 Å². The van der Waals surface area contributed by atoms with Crippen LogP contribution in [0, 0.1) is 0 Å². The Morgan fingerprint density at radius 2 is 2.14 bits per heavy atom. The largest absolute Gasteiger partial charge is 0.392 e. The molecule has 3 nitrogen and oxygen atoms in total. The van der Waals surface area contributed by atoms with Crippen LogP contribution in [0.5, 0.6) is 0 Å². The van der Waals surface area contributed by atoms with Crippen LogP contribution < -0.4 is 0 Å². The molecule has 2 aromatic rings. The van der Waals surface area contributed by atoms with Crippen molar-refractivity contribution in [3.8, 4) is 0 Å². The van der Waals surface area contributed by atoms with Crippen molar-refractivity contribution >= 4 is 0 Å². The summed E-state index contributed by atoms with van der Waals surface area (Å²) in [5.41, 5.74) is 5.01. The van der Waals surface area contributed by atoms with Crippen LogP contribution in [-0.2, 0) is 25.8 Å². The summed E-state index contributed by atoms with van der Waals surface area (Å²) < 4.78 is 2.03. The van der Waals surface area contributed by atoms with E-state index < -0.39 is 0 Å². The molecule has 0 amide bonds. The second kappa shape index (κ2) is 6.02. The van der Waals surface area contributed by atoms with Crippen LogP contribution in [0.1, 0.15) is 48.7 Å². The van der Waals surface area contributed by atoms with E-state index in [0.29, 0.717) is 6.42 Å². The van der Waals surface area contributed by atoms with Gasteiger partial charge in [-0.05, 0) is 43.4 Å². The standard InChI is InChI=1S/C18H24N2O/c1-3-14-11-15(20(4-2)19-14)12-18(21)17-10-9-13-7-5-6-8-16(13)17/h5-8,11,17-18,21H,3-4,9-10,12H2,1-2H3. The van der Waals surface area contributed by atoms with Gasteiger partial charge in [0.25, 0.3) is 0 Å². The minimum Gasteiger partial charge on any atom is -0.392 e. The molecule has 0 radical (unpaired) electrons. The normalized spacial score (nSPS) is 18.7. The van der Waals surface area contributed by atoms with Crippen LogP contribution >= 0.6 is 0 Å². The third-order valence-electron chi connectivity index (χ3n) is 4.64. The van der Waals surface area contributed by atoms with Gasteiger partial charge in [0.05, 0.1) is 11.8 Å². The average molecular weight is 284 g/mol. The second-order valence-corrected chi connectivity index (χ2v) is 5.91. The lowest BCUT2D eigenvalue weighted by Gasteiger charge is -2.19. The van der Waals surface area contributed by atoms with Crippen molar-refractivity contribution in [2.75, 3.05) is 0 Å². The lowest BCUT2D eigenvalue weighted by Crippen LogP contribution is -2.21. The maximum absolute atomic E-state index is 10.7. The molecule has 112 valence electrons. The molecule has 1 aromatic heterocycles. The fraction of sp³-hybridized carbons (Fsp3) is 0.500. The number of nitrogens with zero attached hydrogens (tertiary/aromatic N) is 2. The van der Waals surface area contributed by atoms with Gasteiger partial charge < -0.3 is 5.11 Å². The molecule has 2 unspecified atom stereocenters. The highest BCUT2D eigenvalue weighted by Gasteiger charge is 2.29. The van der Waals surface area contributed by atoms with E-state index in [2.05, 4.69) is 49.3 Å². The van der Waals surface area contributed by atoms with Crippen molar-refractivity contribution in [2.45, 2.75) is 58.1 Å². The number of hydrogen-bond acceptors (Lipinski definition) is 2. The van der Waals surface area contributed by atoms with Gasteiger partial charge in [-0.15, -0.1) is 0 Å². The number of aromatic nitrogens is 2. The Bertz CT molecular complexity index is 617. The Balaban J connectivity index is 1.78. The van der Waals surface area contributed by atoms with E-state index in [-0.39, 0.29) is 12.0 Å². The third-order valence-corrected chi connectivity index (χ3v) is 4.64. The van der Waals surface area contributed by atoms with Gasteiger partial charge in [0.1, 0.15) is 0 Å². The summed E-state index contributed by atoms with van der Waals surface area (Å²) in [7, 11) is 0. The summed E-state index contributed by atoms with van der Waals surface area (Å²) >= 11 is 0. The first-order valence-electron chi connectivity index (χ1n) is 8.04. The molecule has 1 aliphatic rings. The molecule has 0 bridgehead atoms. The molecule has 1 heterocycles. The van der Waals surface area contributed by atoms with Crippen molar-refractivity contribution in [2.24, 2.45) is 0 Å². The van der Waals surface area contributed by atoms with Crippen LogP contribution in [0.2, 0.25) is 0 Å². The Labute approximate surface area is 126 Å². The molecular formula is C18H24N2O. The van der Waals surface area contributed by atoms with Gasteiger partial charge in [-0.2, -0.15) is 5.10 Å². The summed E-state index contributed by atoms with van der Waals surface area (Å²) in [4.78, 5) is 0. The number of benzene rings is 1. The summed E-state index contributed by atoms with van der Waals surface area (Å²) in [5, 5.41) is 15.3. The van der Waals surface area contributed by atoms with Gasteiger partial charge in [0.15, 0.2) is 0 Å². The molecule has 0 saturated heterocycles. The van der Waals surface area contributed by atoms with Crippen molar-refractivity contribution in [1.29, 1.82) is 0 Å². The van der Waals surface area contributed by atoms with E-state index >= 15 is 0 Å². The lowest BCUT2D eigenvalue weighted by molar-refractivity contribution is 0.140. The molecular weight excluding hydrogens is 260 g/mol. The Morgan fingerprint density at radius 3 is 2.90 bits per heavy atom. The Hall–Kier alpha value is -1.61. The summed E-state index contributed by atoms with van der Waals surface area (Å²) in [6.45, 7) is 5.09. The molecule has 0 aliphatic heterocycles. The zero-order chi connectivity index (χ0) is 14.8. The highest BCUT2D eigenvalue weighted by atomic mass is 16.3. The highest BCUT2D eigenvalue weighted by Crippen LogP contribution is 2.36. The minimum absolute atomic E-state index is 0.270. The molecule has 21 heavy (non-hydrogen) atoms. The van der Waals surface area contributed by atoms with Gasteiger partial charge in [-0.3, -0.25) is 4.68 Å². The molecule has 1 aliphatic carbocycles. The summed E-state index contributed by atoms with van der Waals surface area (Å²) in [6.07, 6.45) is 3.47. The molecule has 1 N–H and O–H groups in total. The fourth-order valence-corrected chi connectivity index (χ4v) is 3.47. The quantitative estimate of drug-likeness (QED) is 0.916. The monoisotopic (exact) mass is 284 g/mol. The number of aliphatic hydroxyl groups excluding tert-OH is 1. The van der Waals surface area contributed by atoms with E-state index in [1.807, 2.05) is 4.68 Å². The van der Waals surface area contributed by atoms with Gasteiger partial charge >= 0.3 is 0 Å². The fourth-order valence-electron chi connectivity index (χ4n) is 3.47. The average Bonchev–Trinajstić information content (AvgIpc) is 3.10. The van der Waals surface area contributed by atoms with Crippen LogP contribution in [-0.4, -0.2) is 21.0 Å². The molecule has 0 spiro atoms. The van der Waals surface area contributed by atoms with E-state index in [9.17, 15) is 5.11 Å². The second-order valence-electron chi connectivity index (χ2n) is 5.91. The van der Waals surface area contributed by atoms with E-state index in [1.165, 1.54) is 11.1 Å². The smallest absolute Gasteiger partial charge is 0.0664 e. The number of rotatable bonds is 5. The number of hydrogen-bond donors (Lipinski definition) is 1. The predicted octanol–water partition coefficient (Wildman–Crippen LogP) is 3.10. The highest BCUT2D eigenvalue weighted by molar-refractivity contribution is 5.36. The van der Waals surface area contributed by atoms with Crippen molar-refractivity contribution < 1.29 is 5.11 Å². The van der Waals surface area contributed by atoms with Gasteiger partial charge in [-0.1, -0.05) is 31.2 Å². The first kappa shape index (κ1) is 14.3. The number of aliphatic hydroxyl groups is 1.